The lowest BCUT2D eigenvalue weighted by atomic mass is 9.88. The van der Waals surface area contributed by atoms with Crippen LogP contribution in [0, 0.1) is 13.8 Å². The summed E-state index contributed by atoms with van der Waals surface area (Å²) < 4.78 is 5.59. The van der Waals surface area contributed by atoms with Crippen molar-refractivity contribution >= 4 is 5.91 Å². The average Bonchev–Trinajstić information content (AvgIpc) is 2.92. The largest absolute Gasteiger partial charge is 0.377 e. The monoisotopic (exact) mass is 276 g/mol. The van der Waals surface area contributed by atoms with Crippen LogP contribution < -0.4 is 11.1 Å². The predicted molar refractivity (Wildman–Crippen MR) is 79.4 cm³/mol. The molecule has 1 aromatic carbocycles. The van der Waals surface area contributed by atoms with Gasteiger partial charge in [0, 0.05) is 13.2 Å². The molecule has 1 amide bonds. The maximum absolute atomic E-state index is 11.9. The maximum atomic E-state index is 11.9. The normalized spacial score (nSPS) is 21.6. The molecule has 0 radical (unpaired) electrons. The average molecular weight is 276 g/mol. The van der Waals surface area contributed by atoms with E-state index in [0.29, 0.717) is 6.54 Å². The van der Waals surface area contributed by atoms with Gasteiger partial charge in [0.05, 0.1) is 6.10 Å². The SMILES string of the molecule is Cc1ccc(C(C)(NCC2CCCO2)C(N)=O)cc1C. The quantitative estimate of drug-likeness (QED) is 0.861. The molecule has 1 fully saturated rings. The van der Waals surface area contributed by atoms with Gasteiger partial charge < -0.3 is 10.5 Å². The van der Waals surface area contributed by atoms with E-state index in [4.69, 9.17) is 10.5 Å². The molecule has 20 heavy (non-hydrogen) atoms. The van der Waals surface area contributed by atoms with Gasteiger partial charge in [0.2, 0.25) is 5.91 Å². The summed E-state index contributed by atoms with van der Waals surface area (Å²) in [5, 5.41) is 3.30. The molecule has 0 bridgehead atoms. The molecule has 4 heteroatoms. The van der Waals surface area contributed by atoms with E-state index in [1.165, 1.54) is 5.56 Å². The molecular formula is C16H24N2O2. The number of benzene rings is 1. The number of aryl methyl sites for hydroxylation is 2. The fraction of sp³-hybridized carbons (Fsp3) is 0.562. The summed E-state index contributed by atoms with van der Waals surface area (Å²) >= 11 is 0. The molecule has 1 aromatic rings. The number of ether oxygens (including phenoxy) is 1. The van der Waals surface area contributed by atoms with Crippen LogP contribution in [0.2, 0.25) is 0 Å². The molecule has 2 rings (SSSR count). The van der Waals surface area contributed by atoms with E-state index in [-0.39, 0.29) is 12.0 Å². The lowest BCUT2D eigenvalue weighted by molar-refractivity contribution is -0.124. The highest BCUT2D eigenvalue weighted by Crippen LogP contribution is 2.24. The fourth-order valence-corrected chi connectivity index (χ4v) is 2.51. The van der Waals surface area contributed by atoms with E-state index in [1.54, 1.807) is 0 Å². The zero-order valence-corrected chi connectivity index (χ0v) is 12.5. The molecule has 1 saturated heterocycles. The van der Waals surface area contributed by atoms with E-state index < -0.39 is 5.54 Å². The first-order chi connectivity index (χ1) is 9.43. The third-order valence-corrected chi connectivity index (χ3v) is 4.28. The van der Waals surface area contributed by atoms with E-state index in [1.807, 2.05) is 32.0 Å². The van der Waals surface area contributed by atoms with E-state index in [2.05, 4.69) is 12.2 Å². The molecule has 1 heterocycles. The number of rotatable bonds is 5. The first kappa shape index (κ1) is 15.0. The van der Waals surface area contributed by atoms with Gasteiger partial charge in [-0.25, -0.2) is 0 Å². The fourth-order valence-electron chi connectivity index (χ4n) is 2.51. The Morgan fingerprint density at radius 3 is 2.75 bits per heavy atom. The summed E-state index contributed by atoms with van der Waals surface area (Å²) in [5.74, 6) is -0.362. The number of hydrogen-bond acceptors (Lipinski definition) is 3. The number of nitrogens with one attached hydrogen (secondary N) is 1. The number of carbonyl (C=O) groups is 1. The van der Waals surface area contributed by atoms with Crippen LogP contribution in [0.1, 0.15) is 36.5 Å². The molecule has 1 aliphatic rings. The first-order valence-corrected chi connectivity index (χ1v) is 7.18. The van der Waals surface area contributed by atoms with Gasteiger partial charge in [-0.2, -0.15) is 0 Å². The van der Waals surface area contributed by atoms with Crippen LogP contribution in [0.4, 0.5) is 0 Å². The van der Waals surface area contributed by atoms with Crippen LogP contribution in [0.3, 0.4) is 0 Å². The van der Waals surface area contributed by atoms with E-state index in [0.717, 1.165) is 30.6 Å². The second-order valence-electron chi connectivity index (χ2n) is 5.80. The van der Waals surface area contributed by atoms with Crippen molar-refractivity contribution in [2.45, 2.75) is 45.3 Å². The van der Waals surface area contributed by atoms with Gasteiger partial charge in [0.25, 0.3) is 0 Å². The van der Waals surface area contributed by atoms with Gasteiger partial charge in [-0.15, -0.1) is 0 Å². The highest BCUT2D eigenvalue weighted by atomic mass is 16.5. The topological polar surface area (TPSA) is 64.3 Å². The minimum atomic E-state index is -0.857. The van der Waals surface area contributed by atoms with Gasteiger partial charge in [0.1, 0.15) is 5.54 Å². The molecule has 0 aliphatic carbocycles. The second-order valence-corrected chi connectivity index (χ2v) is 5.80. The van der Waals surface area contributed by atoms with E-state index >= 15 is 0 Å². The molecule has 2 atom stereocenters. The molecular weight excluding hydrogens is 252 g/mol. The minimum Gasteiger partial charge on any atom is -0.377 e. The summed E-state index contributed by atoms with van der Waals surface area (Å²) in [7, 11) is 0. The standard InChI is InChI=1S/C16H24N2O2/c1-11-6-7-13(9-12(11)2)16(3,15(17)19)18-10-14-5-4-8-20-14/h6-7,9,14,18H,4-5,8,10H2,1-3H3,(H2,17,19). The van der Waals surface area contributed by atoms with Gasteiger partial charge in [-0.1, -0.05) is 18.2 Å². The number of primary amides is 1. The van der Waals surface area contributed by atoms with Crippen LogP contribution >= 0.6 is 0 Å². The second kappa shape index (κ2) is 5.94. The Labute approximate surface area is 120 Å². The molecule has 2 unspecified atom stereocenters. The van der Waals surface area contributed by atoms with Crippen LogP contribution in [0.25, 0.3) is 0 Å². The van der Waals surface area contributed by atoms with Crippen molar-refractivity contribution < 1.29 is 9.53 Å². The third-order valence-electron chi connectivity index (χ3n) is 4.28. The Bertz CT molecular complexity index is 495. The van der Waals surface area contributed by atoms with Gasteiger partial charge in [0.15, 0.2) is 0 Å². The molecule has 1 aliphatic heterocycles. The summed E-state index contributed by atoms with van der Waals surface area (Å²) in [6.07, 6.45) is 2.30. The Morgan fingerprint density at radius 1 is 1.45 bits per heavy atom. The Balaban J connectivity index is 2.18. The maximum Gasteiger partial charge on any atom is 0.242 e. The molecule has 0 aromatic heterocycles. The number of carbonyl (C=O) groups excluding carboxylic acids is 1. The Morgan fingerprint density at radius 2 is 2.20 bits per heavy atom. The summed E-state index contributed by atoms with van der Waals surface area (Å²) in [5.41, 5.74) is 8.05. The first-order valence-electron chi connectivity index (χ1n) is 7.18. The van der Waals surface area contributed by atoms with Gasteiger partial charge >= 0.3 is 0 Å². The van der Waals surface area contributed by atoms with Gasteiger partial charge in [-0.3, -0.25) is 10.1 Å². The number of amides is 1. The van der Waals surface area contributed by atoms with Crippen LogP contribution in [0.15, 0.2) is 18.2 Å². The molecule has 0 spiro atoms. The Kier molecular flexibility index (Phi) is 4.45. The number of hydrogen-bond donors (Lipinski definition) is 2. The zero-order valence-electron chi connectivity index (χ0n) is 12.5. The van der Waals surface area contributed by atoms with Crippen molar-refractivity contribution in [3.63, 3.8) is 0 Å². The van der Waals surface area contributed by atoms with Gasteiger partial charge in [-0.05, 0) is 50.3 Å². The number of nitrogens with two attached hydrogens (primary N) is 1. The molecule has 0 saturated carbocycles. The minimum absolute atomic E-state index is 0.181. The van der Waals surface area contributed by atoms with Crippen LogP contribution in [-0.4, -0.2) is 25.2 Å². The lowest BCUT2D eigenvalue weighted by Gasteiger charge is -2.30. The summed E-state index contributed by atoms with van der Waals surface area (Å²) in [6, 6.07) is 6.03. The van der Waals surface area contributed by atoms with E-state index in [9.17, 15) is 4.79 Å². The van der Waals surface area contributed by atoms with Crippen molar-refractivity contribution in [2.24, 2.45) is 5.73 Å². The smallest absolute Gasteiger partial charge is 0.242 e. The molecule has 4 nitrogen and oxygen atoms in total. The molecule has 3 N–H and O–H groups in total. The Hall–Kier alpha value is -1.39. The van der Waals surface area contributed by atoms with Crippen LogP contribution in [0.5, 0.6) is 0 Å². The third kappa shape index (κ3) is 3.02. The van der Waals surface area contributed by atoms with Crippen molar-refractivity contribution in [3.05, 3.63) is 34.9 Å². The summed E-state index contributed by atoms with van der Waals surface area (Å²) in [4.78, 5) is 11.9. The lowest BCUT2D eigenvalue weighted by Crippen LogP contribution is -2.52. The zero-order chi connectivity index (χ0) is 14.8. The van der Waals surface area contributed by atoms with Crippen molar-refractivity contribution in [3.8, 4) is 0 Å². The highest BCUT2D eigenvalue weighted by molar-refractivity contribution is 5.85. The highest BCUT2D eigenvalue weighted by Gasteiger charge is 2.34. The van der Waals surface area contributed by atoms with Crippen molar-refractivity contribution in [1.82, 2.24) is 5.32 Å². The molecule has 110 valence electrons. The van der Waals surface area contributed by atoms with Crippen LogP contribution in [-0.2, 0) is 15.1 Å². The van der Waals surface area contributed by atoms with Crippen molar-refractivity contribution in [2.75, 3.05) is 13.2 Å². The summed E-state index contributed by atoms with van der Waals surface area (Å²) in [6.45, 7) is 7.39. The van der Waals surface area contributed by atoms with Crippen molar-refractivity contribution in [1.29, 1.82) is 0 Å². The predicted octanol–water partition coefficient (Wildman–Crippen LogP) is 1.77.